The molecule has 0 aliphatic carbocycles. The summed E-state index contributed by atoms with van der Waals surface area (Å²) in [5.74, 6) is -0.516. The van der Waals surface area contributed by atoms with Crippen LogP contribution in [0.1, 0.15) is 23.2 Å². The van der Waals surface area contributed by atoms with Crippen LogP contribution in [-0.2, 0) is 0 Å². The van der Waals surface area contributed by atoms with Gasteiger partial charge >= 0.3 is 0 Å². The second-order valence-corrected chi connectivity index (χ2v) is 5.06. The van der Waals surface area contributed by atoms with E-state index in [2.05, 4.69) is 0 Å². The molecule has 1 fully saturated rings. The number of amides is 1. The van der Waals surface area contributed by atoms with Crippen LogP contribution < -0.4 is 5.73 Å². The van der Waals surface area contributed by atoms with Crippen molar-refractivity contribution in [3.8, 4) is 0 Å². The molecular formula is C13H16ClFN2O. The number of rotatable bonds is 2. The molecule has 1 aromatic carbocycles. The predicted molar refractivity (Wildman–Crippen MR) is 69.1 cm³/mol. The predicted octanol–water partition coefficient (Wildman–Crippen LogP) is 2.29. The van der Waals surface area contributed by atoms with Crippen molar-refractivity contribution in [2.24, 2.45) is 11.7 Å². The summed E-state index contributed by atoms with van der Waals surface area (Å²) >= 11 is 5.80. The first kappa shape index (κ1) is 13.3. The van der Waals surface area contributed by atoms with E-state index < -0.39 is 5.82 Å². The summed E-state index contributed by atoms with van der Waals surface area (Å²) in [6.07, 6.45) is 1.94. The summed E-state index contributed by atoms with van der Waals surface area (Å²) in [7, 11) is 0. The van der Waals surface area contributed by atoms with E-state index in [1.165, 1.54) is 18.2 Å². The van der Waals surface area contributed by atoms with Gasteiger partial charge in [-0.15, -0.1) is 0 Å². The molecule has 2 N–H and O–H groups in total. The second kappa shape index (κ2) is 5.67. The molecule has 98 valence electrons. The molecule has 0 radical (unpaired) electrons. The van der Waals surface area contributed by atoms with Gasteiger partial charge in [-0.3, -0.25) is 4.79 Å². The van der Waals surface area contributed by atoms with Gasteiger partial charge in [0.05, 0.1) is 5.56 Å². The fourth-order valence-corrected chi connectivity index (χ4v) is 2.45. The first-order chi connectivity index (χ1) is 8.61. The molecule has 1 saturated heterocycles. The maximum atomic E-state index is 13.6. The van der Waals surface area contributed by atoms with Gasteiger partial charge < -0.3 is 10.6 Å². The van der Waals surface area contributed by atoms with Crippen molar-refractivity contribution in [2.45, 2.75) is 12.8 Å². The molecule has 1 heterocycles. The van der Waals surface area contributed by atoms with Crippen molar-refractivity contribution in [1.29, 1.82) is 0 Å². The lowest BCUT2D eigenvalue weighted by Gasteiger charge is -2.32. The number of piperidine rings is 1. The normalized spacial score (nSPS) is 19.9. The third-order valence-electron chi connectivity index (χ3n) is 3.30. The molecule has 3 nitrogen and oxygen atoms in total. The highest BCUT2D eigenvalue weighted by Gasteiger charge is 2.25. The van der Waals surface area contributed by atoms with E-state index in [1.807, 2.05) is 0 Å². The highest BCUT2D eigenvalue weighted by atomic mass is 35.5. The van der Waals surface area contributed by atoms with Crippen LogP contribution in [-0.4, -0.2) is 30.4 Å². The van der Waals surface area contributed by atoms with E-state index in [0.717, 1.165) is 12.8 Å². The first-order valence-corrected chi connectivity index (χ1v) is 6.44. The largest absolute Gasteiger partial charge is 0.338 e. The lowest BCUT2D eigenvalue weighted by atomic mass is 9.97. The van der Waals surface area contributed by atoms with E-state index in [4.69, 9.17) is 17.3 Å². The fraction of sp³-hybridized carbons (Fsp3) is 0.462. The van der Waals surface area contributed by atoms with Gasteiger partial charge in [0.1, 0.15) is 5.82 Å². The zero-order valence-electron chi connectivity index (χ0n) is 10.0. The molecule has 1 unspecified atom stereocenters. The van der Waals surface area contributed by atoms with Crippen molar-refractivity contribution in [3.63, 3.8) is 0 Å². The van der Waals surface area contributed by atoms with Gasteiger partial charge in [0.25, 0.3) is 5.91 Å². The Kier molecular flexibility index (Phi) is 4.19. The van der Waals surface area contributed by atoms with Crippen LogP contribution in [0.4, 0.5) is 4.39 Å². The quantitative estimate of drug-likeness (QED) is 0.896. The van der Waals surface area contributed by atoms with E-state index in [0.29, 0.717) is 30.6 Å². The average Bonchev–Trinajstić information content (AvgIpc) is 2.41. The van der Waals surface area contributed by atoms with Gasteiger partial charge in [-0.2, -0.15) is 0 Å². The minimum Gasteiger partial charge on any atom is -0.338 e. The summed E-state index contributed by atoms with van der Waals surface area (Å²) in [6, 6.07) is 4.04. The molecule has 2 rings (SSSR count). The molecule has 5 heteroatoms. The van der Waals surface area contributed by atoms with Crippen molar-refractivity contribution in [1.82, 2.24) is 4.90 Å². The molecule has 0 saturated carbocycles. The van der Waals surface area contributed by atoms with Gasteiger partial charge in [0.15, 0.2) is 0 Å². The fourth-order valence-electron chi connectivity index (χ4n) is 2.27. The van der Waals surface area contributed by atoms with Crippen molar-refractivity contribution in [3.05, 3.63) is 34.6 Å². The van der Waals surface area contributed by atoms with Crippen molar-refractivity contribution >= 4 is 17.5 Å². The van der Waals surface area contributed by atoms with Crippen LogP contribution in [0.25, 0.3) is 0 Å². The van der Waals surface area contributed by atoms with Gasteiger partial charge in [0, 0.05) is 18.1 Å². The van der Waals surface area contributed by atoms with E-state index >= 15 is 0 Å². The summed E-state index contributed by atoms with van der Waals surface area (Å²) in [5.41, 5.74) is 5.67. The SMILES string of the molecule is NCC1CCCN(C(=O)c2cc(Cl)ccc2F)C1. The highest BCUT2D eigenvalue weighted by molar-refractivity contribution is 6.31. The lowest BCUT2D eigenvalue weighted by molar-refractivity contribution is 0.0673. The number of halogens is 2. The highest BCUT2D eigenvalue weighted by Crippen LogP contribution is 2.21. The second-order valence-electron chi connectivity index (χ2n) is 4.62. The van der Waals surface area contributed by atoms with Crippen LogP contribution in [0.3, 0.4) is 0 Å². The van der Waals surface area contributed by atoms with Crippen LogP contribution in [0.2, 0.25) is 5.02 Å². The average molecular weight is 271 g/mol. The zero-order valence-corrected chi connectivity index (χ0v) is 10.8. The Morgan fingerprint density at radius 1 is 1.56 bits per heavy atom. The summed E-state index contributed by atoms with van der Waals surface area (Å²) in [6.45, 7) is 1.81. The minimum atomic E-state index is -0.528. The molecule has 0 aromatic heterocycles. The van der Waals surface area contributed by atoms with Crippen LogP contribution in [0.5, 0.6) is 0 Å². The van der Waals surface area contributed by atoms with Gasteiger partial charge in [-0.1, -0.05) is 11.6 Å². The number of carbonyl (C=O) groups is 1. The number of nitrogens with zero attached hydrogens (tertiary/aromatic N) is 1. The Balaban J connectivity index is 2.17. The minimum absolute atomic E-state index is 0.0418. The summed E-state index contributed by atoms with van der Waals surface area (Å²) in [4.78, 5) is 13.9. The Hall–Kier alpha value is -1.13. The molecule has 1 atom stereocenters. The summed E-state index contributed by atoms with van der Waals surface area (Å²) in [5, 5.41) is 0.368. The van der Waals surface area contributed by atoms with Crippen LogP contribution >= 0.6 is 11.6 Å². The summed E-state index contributed by atoms with van der Waals surface area (Å²) < 4.78 is 13.6. The Bertz CT molecular complexity index is 453. The Morgan fingerprint density at radius 3 is 3.06 bits per heavy atom. The number of likely N-dealkylation sites (tertiary alicyclic amines) is 1. The molecule has 1 amide bonds. The van der Waals surface area contributed by atoms with E-state index in [-0.39, 0.29) is 11.5 Å². The van der Waals surface area contributed by atoms with E-state index in [1.54, 1.807) is 4.90 Å². The van der Waals surface area contributed by atoms with Gasteiger partial charge in [-0.05, 0) is 43.5 Å². The zero-order chi connectivity index (χ0) is 13.1. The Labute approximate surface area is 111 Å². The van der Waals surface area contributed by atoms with Crippen LogP contribution in [0.15, 0.2) is 18.2 Å². The lowest BCUT2D eigenvalue weighted by Crippen LogP contribution is -2.42. The standard InChI is InChI=1S/C13H16ClFN2O/c14-10-3-4-12(15)11(6-10)13(18)17-5-1-2-9(7-16)8-17/h3-4,6,9H,1-2,5,7-8,16H2. The molecule has 1 aliphatic rings. The van der Waals surface area contributed by atoms with Gasteiger partial charge in [-0.25, -0.2) is 4.39 Å². The Morgan fingerprint density at radius 2 is 2.33 bits per heavy atom. The molecule has 0 spiro atoms. The third kappa shape index (κ3) is 2.82. The van der Waals surface area contributed by atoms with E-state index in [9.17, 15) is 9.18 Å². The first-order valence-electron chi connectivity index (χ1n) is 6.06. The smallest absolute Gasteiger partial charge is 0.256 e. The van der Waals surface area contributed by atoms with Gasteiger partial charge in [0.2, 0.25) is 0 Å². The number of benzene rings is 1. The number of carbonyl (C=O) groups excluding carboxylic acids is 1. The molecular weight excluding hydrogens is 255 g/mol. The maximum Gasteiger partial charge on any atom is 0.256 e. The molecule has 18 heavy (non-hydrogen) atoms. The third-order valence-corrected chi connectivity index (χ3v) is 3.53. The number of nitrogens with two attached hydrogens (primary N) is 1. The van der Waals surface area contributed by atoms with Crippen molar-refractivity contribution in [2.75, 3.05) is 19.6 Å². The van der Waals surface area contributed by atoms with Crippen molar-refractivity contribution < 1.29 is 9.18 Å². The number of hydrogen-bond acceptors (Lipinski definition) is 2. The monoisotopic (exact) mass is 270 g/mol. The topological polar surface area (TPSA) is 46.3 Å². The molecule has 1 aliphatic heterocycles. The maximum absolute atomic E-state index is 13.6. The molecule has 0 bridgehead atoms. The van der Waals surface area contributed by atoms with Crippen LogP contribution in [0, 0.1) is 11.7 Å². The number of hydrogen-bond donors (Lipinski definition) is 1. The molecule has 1 aromatic rings.